The third-order valence-electron chi connectivity index (χ3n) is 4.41. The van der Waals surface area contributed by atoms with Crippen LogP contribution in [0.1, 0.15) is 19.3 Å². The average molecular weight is 310 g/mol. The van der Waals surface area contributed by atoms with E-state index in [0.29, 0.717) is 26.1 Å². The first kappa shape index (κ1) is 16.5. The molecule has 21 heavy (non-hydrogen) atoms. The maximum Gasteiger partial charge on any atom is 0.404 e. The van der Waals surface area contributed by atoms with Crippen LogP contribution in [0.15, 0.2) is 0 Å². The second-order valence-electron chi connectivity index (χ2n) is 6.00. The van der Waals surface area contributed by atoms with Crippen molar-refractivity contribution in [3.63, 3.8) is 0 Å². The Balaban J connectivity index is 2.10. The molecule has 5 nitrogen and oxygen atoms in total. The number of alkyl halides is 3. The van der Waals surface area contributed by atoms with Crippen molar-refractivity contribution >= 4 is 5.91 Å². The van der Waals surface area contributed by atoms with E-state index >= 15 is 0 Å². The molecule has 2 rings (SSSR count). The van der Waals surface area contributed by atoms with Gasteiger partial charge in [-0.25, -0.2) is 0 Å². The van der Waals surface area contributed by atoms with Crippen LogP contribution in [0.4, 0.5) is 13.2 Å². The van der Waals surface area contributed by atoms with E-state index < -0.39 is 29.6 Å². The zero-order valence-corrected chi connectivity index (χ0v) is 12.0. The molecule has 2 aliphatic rings. The summed E-state index contributed by atoms with van der Waals surface area (Å²) < 4.78 is 45.1. The number of nitrogens with zero attached hydrogens (tertiary/aromatic N) is 1. The van der Waals surface area contributed by atoms with Gasteiger partial charge in [0.25, 0.3) is 0 Å². The molecule has 0 radical (unpaired) electrons. The minimum Gasteiger partial charge on any atom is -0.388 e. The summed E-state index contributed by atoms with van der Waals surface area (Å²) in [6, 6.07) is 0. The maximum atomic E-state index is 13.3. The lowest BCUT2D eigenvalue weighted by atomic mass is 9.84. The number of hydrogen-bond donors (Lipinski definition) is 2. The molecule has 2 saturated heterocycles. The van der Waals surface area contributed by atoms with E-state index in [0.717, 1.165) is 4.90 Å². The lowest BCUT2D eigenvalue weighted by Crippen LogP contribution is -2.56. The zero-order chi connectivity index (χ0) is 15.7. The molecular formula is C13H21F3N2O3. The number of likely N-dealkylation sites (N-methyl/N-ethyl adjacent to an activating group) is 1. The molecule has 0 aromatic rings. The van der Waals surface area contributed by atoms with Crippen molar-refractivity contribution in [3.8, 4) is 0 Å². The van der Waals surface area contributed by atoms with E-state index in [1.165, 1.54) is 7.05 Å². The van der Waals surface area contributed by atoms with Crippen LogP contribution in [0.5, 0.6) is 0 Å². The van der Waals surface area contributed by atoms with E-state index in [1.807, 2.05) is 0 Å². The fourth-order valence-corrected chi connectivity index (χ4v) is 3.03. The molecular weight excluding hydrogens is 289 g/mol. The molecule has 0 bridgehead atoms. The fraction of sp³-hybridized carbons (Fsp3) is 0.923. The number of ether oxygens (including phenoxy) is 1. The predicted molar refractivity (Wildman–Crippen MR) is 68.6 cm³/mol. The smallest absolute Gasteiger partial charge is 0.388 e. The quantitative estimate of drug-likeness (QED) is 0.798. The van der Waals surface area contributed by atoms with Gasteiger partial charge in [-0.1, -0.05) is 0 Å². The highest BCUT2D eigenvalue weighted by Gasteiger charge is 2.62. The molecule has 2 N–H and O–H groups in total. The second-order valence-corrected chi connectivity index (χ2v) is 6.00. The number of amides is 1. The Morgan fingerprint density at radius 2 is 1.95 bits per heavy atom. The van der Waals surface area contributed by atoms with Crippen molar-refractivity contribution in [1.29, 1.82) is 0 Å². The van der Waals surface area contributed by atoms with Crippen LogP contribution in [0.25, 0.3) is 0 Å². The van der Waals surface area contributed by atoms with Crippen molar-refractivity contribution in [1.82, 2.24) is 10.2 Å². The van der Waals surface area contributed by atoms with Gasteiger partial charge in [-0.05, 0) is 13.0 Å². The topological polar surface area (TPSA) is 61.8 Å². The summed E-state index contributed by atoms with van der Waals surface area (Å²) in [5, 5.41) is 13.0. The molecule has 122 valence electrons. The average Bonchev–Trinajstić information content (AvgIpc) is 2.88. The van der Waals surface area contributed by atoms with Gasteiger partial charge in [0.2, 0.25) is 5.91 Å². The van der Waals surface area contributed by atoms with E-state index in [1.54, 1.807) is 0 Å². The van der Waals surface area contributed by atoms with Gasteiger partial charge in [-0.2, -0.15) is 13.2 Å². The highest BCUT2D eigenvalue weighted by atomic mass is 19.4. The highest BCUT2D eigenvalue weighted by molar-refractivity contribution is 5.84. The van der Waals surface area contributed by atoms with Gasteiger partial charge in [-0.15, -0.1) is 0 Å². The fourth-order valence-electron chi connectivity index (χ4n) is 3.03. The van der Waals surface area contributed by atoms with Crippen LogP contribution in [-0.2, 0) is 9.53 Å². The number of carbonyl (C=O) groups excluding carboxylic acids is 1. The number of carbonyl (C=O) groups is 1. The SMILES string of the molecule is CN(CC1(O)CCOCC1)C(=O)C1(C(F)(F)F)CCNC1. The molecule has 2 aliphatic heterocycles. The minimum absolute atomic E-state index is 0.104. The van der Waals surface area contributed by atoms with Crippen molar-refractivity contribution in [2.24, 2.45) is 5.41 Å². The van der Waals surface area contributed by atoms with Crippen LogP contribution in [0.2, 0.25) is 0 Å². The molecule has 2 fully saturated rings. The summed E-state index contributed by atoms with van der Waals surface area (Å²) in [6.07, 6.45) is -4.22. The van der Waals surface area contributed by atoms with Crippen molar-refractivity contribution in [2.75, 3.05) is 39.9 Å². The van der Waals surface area contributed by atoms with E-state index in [2.05, 4.69) is 5.32 Å². The van der Waals surface area contributed by atoms with Gasteiger partial charge < -0.3 is 20.1 Å². The Bertz CT molecular complexity index is 389. The highest BCUT2D eigenvalue weighted by Crippen LogP contribution is 2.44. The molecule has 1 atom stereocenters. The summed E-state index contributed by atoms with van der Waals surface area (Å²) in [5.41, 5.74) is -3.54. The summed E-state index contributed by atoms with van der Waals surface area (Å²) in [4.78, 5) is 13.4. The van der Waals surface area contributed by atoms with Crippen LogP contribution >= 0.6 is 0 Å². The van der Waals surface area contributed by atoms with Crippen LogP contribution < -0.4 is 5.32 Å². The van der Waals surface area contributed by atoms with Gasteiger partial charge in [-0.3, -0.25) is 4.79 Å². The molecule has 8 heteroatoms. The number of rotatable bonds is 3. The van der Waals surface area contributed by atoms with E-state index in [-0.39, 0.29) is 19.5 Å². The first-order valence-electron chi connectivity index (χ1n) is 7.03. The number of aliphatic hydroxyl groups is 1. The Morgan fingerprint density at radius 3 is 2.43 bits per heavy atom. The lowest BCUT2D eigenvalue weighted by molar-refractivity contribution is -0.222. The Labute approximate surface area is 121 Å². The standard InChI is InChI=1S/C13H21F3N2O3/c1-18(9-11(20)3-6-21-7-4-11)10(19)12(13(14,15)16)2-5-17-8-12/h17,20H,2-9H2,1H3. The Kier molecular flexibility index (Phi) is 4.51. The normalized spacial score (nSPS) is 29.4. The monoisotopic (exact) mass is 310 g/mol. The molecule has 0 aromatic heterocycles. The summed E-state index contributed by atoms with van der Waals surface area (Å²) in [5.74, 6) is -0.972. The first-order valence-corrected chi connectivity index (χ1v) is 7.03. The predicted octanol–water partition coefficient (Wildman–Crippen LogP) is 0.528. The van der Waals surface area contributed by atoms with Gasteiger partial charge in [0, 0.05) is 46.2 Å². The van der Waals surface area contributed by atoms with Crippen LogP contribution in [0.3, 0.4) is 0 Å². The van der Waals surface area contributed by atoms with Crippen molar-refractivity contribution in [3.05, 3.63) is 0 Å². The number of halogens is 3. The third-order valence-corrected chi connectivity index (χ3v) is 4.41. The van der Waals surface area contributed by atoms with E-state index in [4.69, 9.17) is 4.74 Å². The van der Waals surface area contributed by atoms with Gasteiger partial charge >= 0.3 is 6.18 Å². The molecule has 0 aromatic carbocycles. The van der Waals surface area contributed by atoms with Gasteiger partial charge in [0.05, 0.1) is 5.60 Å². The Morgan fingerprint density at radius 1 is 1.33 bits per heavy atom. The summed E-state index contributed by atoms with van der Waals surface area (Å²) in [6.45, 7) is 0.362. The first-order chi connectivity index (χ1) is 9.70. The number of nitrogens with one attached hydrogen (secondary N) is 1. The van der Waals surface area contributed by atoms with Crippen molar-refractivity contribution in [2.45, 2.75) is 31.0 Å². The molecule has 0 aliphatic carbocycles. The molecule has 0 spiro atoms. The van der Waals surface area contributed by atoms with E-state index in [9.17, 15) is 23.1 Å². The molecule has 1 unspecified atom stereocenters. The zero-order valence-electron chi connectivity index (χ0n) is 12.0. The maximum absolute atomic E-state index is 13.3. The molecule has 0 saturated carbocycles. The van der Waals surface area contributed by atoms with Crippen LogP contribution in [0, 0.1) is 5.41 Å². The van der Waals surface area contributed by atoms with Crippen molar-refractivity contribution < 1.29 is 27.8 Å². The summed E-state index contributed by atoms with van der Waals surface area (Å²) >= 11 is 0. The third kappa shape index (κ3) is 3.17. The number of hydrogen-bond acceptors (Lipinski definition) is 4. The minimum atomic E-state index is -4.60. The van der Waals surface area contributed by atoms with Crippen LogP contribution in [-0.4, -0.2) is 67.6 Å². The lowest BCUT2D eigenvalue weighted by Gasteiger charge is -2.39. The van der Waals surface area contributed by atoms with Gasteiger partial charge in [0.15, 0.2) is 5.41 Å². The molecule has 1 amide bonds. The summed E-state index contributed by atoms with van der Waals surface area (Å²) in [7, 11) is 1.32. The second kappa shape index (κ2) is 5.73. The largest absolute Gasteiger partial charge is 0.404 e. The van der Waals surface area contributed by atoms with Gasteiger partial charge in [0.1, 0.15) is 0 Å². The molecule has 2 heterocycles. The Hall–Kier alpha value is -0.860.